The summed E-state index contributed by atoms with van der Waals surface area (Å²) in [7, 11) is 0. The molecule has 0 aromatic rings. The second-order valence-corrected chi connectivity index (χ2v) is 6.22. The largest absolute Gasteiger partial charge is 0.379 e. The van der Waals surface area contributed by atoms with E-state index in [4.69, 9.17) is 10.5 Å². The van der Waals surface area contributed by atoms with Crippen molar-refractivity contribution in [3.63, 3.8) is 0 Å². The molecule has 0 radical (unpaired) electrons. The molecule has 0 aromatic carbocycles. The quantitative estimate of drug-likeness (QED) is 0.802. The van der Waals surface area contributed by atoms with E-state index in [1.807, 2.05) is 0 Å². The predicted octanol–water partition coefficient (Wildman–Crippen LogP) is 0.664. The van der Waals surface area contributed by atoms with Crippen LogP contribution in [0.1, 0.15) is 32.1 Å². The Hall–Kier alpha value is -0.160. The van der Waals surface area contributed by atoms with Gasteiger partial charge in [0, 0.05) is 32.3 Å². The Morgan fingerprint density at radius 2 is 2.00 bits per heavy atom. The minimum absolute atomic E-state index is 0.157. The highest BCUT2D eigenvalue weighted by Gasteiger charge is 2.43. The lowest BCUT2D eigenvalue weighted by Crippen LogP contribution is -2.54. The van der Waals surface area contributed by atoms with Crippen LogP contribution >= 0.6 is 0 Å². The van der Waals surface area contributed by atoms with Gasteiger partial charge in [-0.2, -0.15) is 0 Å². The third kappa shape index (κ3) is 2.31. The lowest BCUT2D eigenvalue weighted by atomic mass is 9.97. The van der Waals surface area contributed by atoms with Crippen molar-refractivity contribution in [2.45, 2.75) is 43.7 Å². The van der Waals surface area contributed by atoms with E-state index in [1.54, 1.807) is 0 Å². The lowest BCUT2D eigenvalue weighted by Gasteiger charge is -2.38. The van der Waals surface area contributed by atoms with Gasteiger partial charge in [-0.05, 0) is 38.8 Å². The molecule has 0 saturated carbocycles. The summed E-state index contributed by atoms with van der Waals surface area (Å²) in [5.74, 6) is 0. The van der Waals surface area contributed by atoms with Crippen LogP contribution in [0.2, 0.25) is 0 Å². The van der Waals surface area contributed by atoms with Crippen molar-refractivity contribution in [2.75, 3.05) is 45.9 Å². The summed E-state index contributed by atoms with van der Waals surface area (Å²) < 4.78 is 5.61. The van der Waals surface area contributed by atoms with Crippen LogP contribution in [-0.2, 0) is 4.74 Å². The number of nitrogens with zero attached hydrogens (tertiary/aromatic N) is 2. The monoisotopic (exact) mass is 253 g/mol. The van der Waals surface area contributed by atoms with Gasteiger partial charge in [0.15, 0.2) is 0 Å². The first-order chi connectivity index (χ1) is 8.84. The molecule has 3 aliphatic heterocycles. The van der Waals surface area contributed by atoms with Gasteiger partial charge in [-0.1, -0.05) is 6.42 Å². The predicted molar refractivity (Wildman–Crippen MR) is 72.6 cm³/mol. The number of rotatable bonds is 3. The summed E-state index contributed by atoms with van der Waals surface area (Å²) in [6, 6.07) is 0.773. The molecule has 2 unspecified atom stereocenters. The summed E-state index contributed by atoms with van der Waals surface area (Å²) in [5.41, 5.74) is 6.19. The molecule has 4 heteroatoms. The molecule has 0 amide bonds. The Balaban J connectivity index is 1.60. The van der Waals surface area contributed by atoms with Gasteiger partial charge in [-0.3, -0.25) is 9.80 Å². The Bertz CT molecular complexity index is 272. The van der Waals surface area contributed by atoms with E-state index in [9.17, 15) is 0 Å². The van der Waals surface area contributed by atoms with Crippen LogP contribution in [0.25, 0.3) is 0 Å². The molecule has 2 N–H and O–H groups in total. The van der Waals surface area contributed by atoms with Crippen LogP contribution in [0.4, 0.5) is 0 Å². The number of ether oxygens (including phenoxy) is 1. The third-order valence-electron chi connectivity index (χ3n) is 5.20. The number of hydrogen-bond donors (Lipinski definition) is 1. The van der Waals surface area contributed by atoms with Crippen LogP contribution in [0.5, 0.6) is 0 Å². The van der Waals surface area contributed by atoms with Crippen molar-refractivity contribution < 1.29 is 4.74 Å². The van der Waals surface area contributed by atoms with Crippen molar-refractivity contribution in [1.82, 2.24) is 9.80 Å². The summed E-state index contributed by atoms with van der Waals surface area (Å²) in [4.78, 5) is 5.34. The van der Waals surface area contributed by atoms with Crippen molar-refractivity contribution in [3.8, 4) is 0 Å². The maximum Gasteiger partial charge on any atom is 0.0663 e. The van der Waals surface area contributed by atoms with Crippen LogP contribution in [0, 0.1) is 0 Å². The van der Waals surface area contributed by atoms with Crippen LogP contribution in [0.3, 0.4) is 0 Å². The topological polar surface area (TPSA) is 41.7 Å². The van der Waals surface area contributed by atoms with Gasteiger partial charge in [-0.15, -0.1) is 0 Å². The van der Waals surface area contributed by atoms with Crippen LogP contribution in [-0.4, -0.2) is 67.3 Å². The summed E-state index contributed by atoms with van der Waals surface area (Å²) in [5, 5.41) is 0. The van der Waals surface area contributed by atoms with Crippen molar-refractivity contribution >= 4 is 0 Å². The molecule has 104 valence electrons. The number of likely N-dealkylation sites (tertiary alicyclic amines) is 2. The fraction of sp³-hybridized carbons (Fsp3) is 1.00. The second-order valence-electron chi connectivity index (χ2n) is 6.22. The van der Waals surface area contributed by atoms with Crippen LogP contribution < -0.4 is 5.73 Å². The van der Waals surface area contributed by atoms with Gasteiger partial charge in [0.1, 0.15) is 0 Å². The minimum Gasteiger partial charge on any atom is -0.379 e. The molecule has 18 heavy (non-hydrogen) atoms. The molecule has 3 saturated heterocycles. The smallest absolute Gasteiger partial charge is 0.0663 e. The highest BCUT2D eigenvalue weighted by molar-refractivity contribution is 5.00. The van der Waals surface area contributed by atoms with E-state index in [1.165, 1.54) is 51.9 Å². The molecule has 3 rings (SSSR count). The lowest BCUT2D eigenvalue weighted by molar-refractivity contribution is 0.0800. The first-order valence-electron chi connectivity index (χ1n) is 7.61. The van der Waals surface area contributed by atoms with Gasteiger partial charge < -0.3 is 10.5 Å². The second kappa shape index (κ2) is 5.45. The van der Waals surface area contributed by atoms with E-state index in [2.05, 4.69) is 9.80 Å². The molecule has 3 heterocycles. The molecular weight excluding hydrogens is 226 g/mol. The zero-order valence-electron chi connectivity index (χ0n) is 11.4. The summed E-state index contributed by atoms with van der Waals surface area (Å²) >= 11 is 0. The summed E-state index contributed by atoms with van der Waals surface area (Å²) in [6.07, 6.45) is 6.65. The standard InChI is InChI=1S/C14H27N3O/c15-11-14(5-9-18-12-14)17-8-4-13(10-17)16-6-2-1-3-7-16/h13H,1-12,15H2. The van der Waals surface area contributed by atoms with E-state index in [-0.39, 0.29) is 5.54 Å². The number of piperidine rings is 1. The van der Waals surface area contributed by atoms with Gasteiger partial charge in [-0.25, -0.2) is 0 Å². The van der Waals surface area contributed by atoms with Gasteiger partial charge in [0.05, 0.1) is 12.1 Å². The zero-order valence-corrected chi connectivity index (χ0v) is 11.4. The molecule has 0 aliphatic carbocycles. The Kier molecular flexibility index (Phi) is 3.89. The maximum absolute atomic E-state index is 6.04. The molecule has 2 atom stereocenters. The Morgan fingerprint density at radius 3 is 2.67 bits per heavy atom. The van der Waals surface area contributed by atoms with E-state index in [0.717, 1.165) is 32.2 Å². The van der Waals surface area contributed by atoms with Crippen molar-refractivity contribution in [2.24, 2.45) is 5.73 Å². The van der Waals surface area contributed by atoms with Gasteiger partial charge in [0.25, 0.3) is 0 Å². The summed E-state index contributed by atoms with van der Waals surface area (Å²) in [6.45, 7) is 7.52. The first-order valence-corrected chi connectivity index (χ1v) is 7.61. The maximum atomic E-state index is 6.04. The molecular formula is C14H27N3O. The Labute approximate surface area is 110 Å². The minimum atomic E-state index is 0.157. The van der Waals surface area contributed by atoms with E-state index >= 15 is 0 Å². The molecule has 0 aromatic heterocycles. The van der Waals surface area contributed by atoms with Gasteiger partial charge >= 0.3 is 0 Å². The average molecular weight is 253 g/mol. The molecule has 3 fully saturated rings. The number of hydrogen-bond acceptors (Lipinski definition) is 4. The highest BCUT2D eigenvalue weighted by Crippen LogP contribution is 2.31. The Morgan fingerprint density at radius 1 is 1.17 bits per heavy atom. The average Bonchev–Trinajstić information content (AvgIpc) is 3.09. The fourth-order valence-corrected chi connectivity index (χ4v) is 3.89. The molecule has 3 aliphatic rings. The van der Waals surface area contributed by atoms with Gasteiger partial charge in [0.2, 0.25) is 0 Å². The van der Waals surface area contributed by atoms with E-state index < -0.39 is 0 Å². The van der Waals surface area contributed by atoms with Crippen molar-refractivity contribution in [3.05, 3.63) is 0 Å². The van der Waals surface area contributed by atoms with Crippen LogP contribution in [0.15, 0.2) is 0 Å². The highest BCUT2D eigenvalue weighted by atomic mass is 16.5. The number of nitrogens with two attached hydrogens (primary N) is 1. The third-order valence-corrected chi connectivity index (χ3v) is 5.20. The van der Waals surface area contributed by atoms with Crippen molar-refractivity contribution in [1.29, 1.82) is 0 Å². The molecule has 4 nitrogen and oxygen atoms in total. The van der Waals surface area contributed by atoms with E-state index in [0.29, 0.717) is 0 Å². The normalized spacial score (nSPS) is 39.5. The molecule has 0 spiro atoms. The first kappa shape index (κ1) is 12.9. The molecule has 0 bridgehead atoms. The fourth-order valence-electron chi connectivity index (χ4n) is 3.89. The zero-order chi connectivity index (χ0) is 12.4. The SMILES string of the molecule is NCC1(N2CCC(N3CCCCC3)C2)CCOC1.